The van der Waals surface area contributed by atoms with Crippen LogP contribution in [0.3, 0.4) is 0 Å². The van der Waals surface area contributed by atoms with Crippen molar-refractivity contribution in [1.29, 1.82) is 0 Å². The van der Waals surface area contributed by atoms with Gasteiger partial charge in [-0.3, -0.25) is 9.69 Å². The van der Waals surface area contributed by atoms with Gasteiger partial charge in [0.1, 0.15) is 12.1 Å². The number of rotatable bonds is 5. The summed E-state index contributed by atoms with van der Waals surface area (Å²) >= 11 is 0. The van der Waals surface area contributed by atoms with Crippen molar-refractivity contribution < 1.29 is 4.79 Å². The molecule has 5 nitrogen and oxygen atoms in total. The maximum absolute atomic E-state index is 12.4. The van der Waals surface area contributed by atoms with Crippen LogP contribution in [0.1, 0.15) is 20.8 Å². The van der Waals surface area contributed by atoms with Crippen molar-refractivity contribution in [2.45, 2.75) is 20.8 Å². The summed E-state index contributed by atoms with van der Waals surface area (Å²) in [7, 11) is 0. The van der Waals surface area contributed by atoms with Crippen LogP contribution in [-0.2, 0) is 4.79 Å². The highest BCUT2D eigenvalue weighted by Gasteiger charge is 2.22. The van der Waals surface area contributed by atoms with Crippen LogP contribution in [0.4, 0.5) is 22.9 Å². The second kappa shape index (κ2) is 9.02. The molecule has 32 heavy (non-hydrogen) atoms. The minimum atomic E-state index is -0.458. The molecule has 0 atom stereocenters. The summed E-state index contributed by atoms with van der Waals surface area (Å²) in [6.07, 6.45) is 3.28. The number of para-hydroxylation sites is 1. The van der Waals surface area contributed by atoms with E-state index in [1.54, 1.807) is 12.5 Å². The molecular weight excluding hydrogens is 396 g/mol. The third-order valence-corrected chi connectivity index (χ3v) is 5.09. The molecule has 3 aromatic carbocycles. The molecule has 0 bridgehead atoms. The zero-order valence-corrected chi connectivity index (χ0v) is 18.5. The molecule has 0 aliphatic carbocycles. The van der Waals surface area contributed by atoms with Crippen molar-refractivity contribution in [1.82, 2.24) is 9.97 Å². The van der Waals surface area contributed by atoms with E-state index in [1.165, 1.54) is 0 Å². The molecule has 0 aliphatic rings. The number of carbonyl (C=O) groups excluding carboxylic acids is 1. The highest BCUT2D eigenvalue weighted by Crippen LogP contribution is 2.39. The van der Waals surface area contributed by atoms with Crippen molar-refractivity contribution in [2.24, 2.45) is 5.41 Å². The standard InChI is InChI=1S/C27H26N4O/c1-27(2,3)26(32)30-21-13-15-22(16-14-21)31(25-17-18-28-19-29-25)24-12-8-7-11-23(24)20-9-5-4-6-10-20/h4-19H,1-3H3,(H,30,32). The molecule has 0 radical (unpaired) electrons. The van der Waals surface area contributed by atoms with E-state index in [2.05, 4.69) is 44.5 Å². The van der Waals surface area contributed by atoms with Crippen LogP contribution in [0.2, 0.25) is 0 Å². The van der Waals surface area contributed by atoms with Crippen LogP contribution < -0.4 is 10.2 Å². The summed E-state index contributed by atoms with van der Waals surface area (Å²) in [4.78, 5) is 23.1. The van der Waals surface area contributed by atoms with Gasteiger partial charge in [-0.25, -0.2) is 9.97 Å². The lowest BCUT2D eigenvalue weighted by Crippen LogP contribution is -2.27. The van der Waals surface area contributed by atoms with Gasteiger partial charge in [0, 0.05) is 28.6 Å². The predicted octanol–water partition coefficient (Wildman–Crippen LogP) is 6.60. The average Bonchev–Trinajstić information content (AvgIpc) is 2.81. The molecule has 0 spiro atoms. The van der Waals surface area contributed by atoms with E-state index >= 15 is 0 Å². The number of nitrogens with one attached hydrogen (secondary N) is 1. The molecule has 0 saturated heterocycles. The summed E-state index contributed by atoms with van der Waals surface area (Å²) in [5.41, 5.74) is 4.45. The third-order valence-electron chi connectivity index (χ3n) is 5.09. The summed E-state index contributed by atoms with van der Waals surface area (Å²) in [5, 5.41) is 2.98. The Hall–Kier alpha value is -3.99. The fraction of sp³-hybridized carbons (Fsp3) is 0.148. The largest absolute Gasteiger partial charge is 0.326 e. The van der Waals surface area contributed by atoms with Crippen LogP contribution in [0.15, 0.2) is 97.5 Å². The SMILES string of the molecule is CC(C)(C)C(=O)Nc1ccc(N(c2ccncn2)c2ccccc2-c2ccccc2)cc1. The number of anilines is 4. The first kappa shape index (κ1) is 21.2. The molecule has 1 aromatic heterocycles. The second-order valence-corrected chi connectivity index (χ2v) is 8.54. The Bertz CT molecular complexity index is 1180. The highest BCUT2D eigenvalue weighted by molar-refractivity contribution is 5.95. The monoisotopic (exact) mass is 422 g/mol. The molecule has 0 unspecified atom stereocenters. The molecule has 160 valence electrons. The van der Waals surface area contributed by atoms with E-state index in [9.17, 15) is 4.79 Å². The number of hydrogen-bond acceptors (Lipinski definition) is 4. The van der Waals surface area contributed by atoms with Gasteiger partial charge in [0.2, 0.25) is 5.91 Å². The lowest BCUT2D eigenvalue weighted by Gasteiger charge is -2.27. The van der Waals surface area contributed by atoms with Gasteiger partial charge in [-0.2, -0.15) is 0 Å². The van der Waals surface area contributed by atoms with Crippen LogP contribution in [-0.4, -0.2) is 15.9 Å². The Morgan fingerprint density at radius 3 is 2.19 bits per heavy atom. The first-order valence-corrected chi connectivity index (χ1v) is 10.6. The first-order valence-electron chi connectivity index (χ1n) is 10.6. The maximum atomic E-state index is 12.4. The molecule has 4 aromatic rings. The van der Waals surface area contributed by atoms with Crippen molar-refractivity contribution >= 4 is 28.8 Å². The fourth-order valence-corrected chi connectivity index (χ4v) is 3.35. The Morgan fingerprint density at radius 1 is 0.844 bits per heavy atom. The number of amides is 1. The van der Waals surface area contributed by atoms with Gasteiger partial charge >= 0.3 is 0 Å². The van der Waals surface area contributed by atoms with Crippen LogP contribution in [0.5, 0.6) is 0 Å². The van der Waals surface area contributed by atoms with Crippen LogP contribution in [0.25, 0.3) is 11.1 Å². The quantitative estimate of drug-likeness (QED) is 0.394. The zero-order chi connectivity index (χ0) is 22.6. The van der Waals surface area contributed by atoms with E-state index < -0.39 is 5.41 Å². The van der Waals surface area contributed by atoms with E-state index in [1.807, 2.05) is 81.4 Å². The summed E-state index contributed by atoms with van der Waals surface area (Å²) in [5.74, 6) is 0.738. The Labute approximate surface area is 188 Å². The summed E-state index contributed by atoms with van der Waals surface area (Å²) in [6.45, 7) is 5.69. The van der Waals surface area contributed by atoms with E-state index in [-0.39, 0.29) is 5.91 Å². The van der Waals surface area contributed by atoms with Crippen molar-refractivity contribution in [2.75, 3.05) is 10.2 Å². The average molecular weight is 423 g/mol. The molecule has 0 aliphatic heterocycles. The number of hydrogen-bond donors (Lipinski definition) is 1. The predicted molar refractivity (Wildman–Crippen MR) is 130 cm³/mol. The topological polar surface area (TPSA) is 58.1 Å². The van der Waals surface area contributed by atoms with Gasteiger partial charge in [0.15, 0.2) is 0 Å². The first-order chi connectivity index (χ1) is 15.4. The van der Waals surface area contributed by atoms with Gasteiger partial charge in [0.25, 0.3) is 0 Å². The zero-order valence-electron chi connectivity index (χ0n) is 18.5. The van der Waals surface area contributed by atoms with Crippen molar-refractivity contribution in [3.8, 4) is 11.1 Å². The normalized spacial score (nSPS) is 11.1. The Kier molecular flexibility index (Phi) is 5.99. The Morgan fingerprint density at radius 2 is 1.53 bits per heavy atom. The van der Waals surface area contributed by atoms with Crippen molar-refractivity contribution in [3.05, 3.63) is 97.5 Å². The van der Waals surface area contributed by atoms with E-state index in [0.29, 0.717) is 0 Å². The highest BCUT2D eigenvalue weighted by atomic mass is 16.2. The number of nitrogens with zero attached hydrogens (tertiary/aromatic N) is 3. The summed E-state index contributed by atoms with van der Waals surface area (Å²) < 4.78 is 0. The fourth-order valence-electron chi connectivity index (χ4n) is 3.35. The number of aromatic nitrogens is 2. The summed E-state index contributed by atoms with van der Waals surface area (Å²) in [6, 6.07) is 28.2. The lowest BCUT2D eigenvalue weighted by molar-refractivity contribution is -0.123. The third kappa shape index (κ3) is 4.67. The molecule has 0 saturated carbocycles. The maximum Gasteiger partial charge on any atom is 0.229 e. The molecule has 0 fully saturated rings. The minimum absolute atomic E-state index is 0.0210. The van der Waals surface area contributed by atoms with Gasteiger partial charge in [-0.15, -0.1) is 0 Å². The molecule has 1 heterocycles. The molecule has 1 amide bonds. The Balaban J connectivity index is 1.77. The second-order valence-electron chi connectivity index (χ2n) is 8.54. The van der Waals surface area contributed by atoms with Crippen molar-refractivity contribution in [3.63, 3.8) is 0 Å². The molecule has 1 N–H and O–H groups in total. The van der Waals surface area contributed by atoms with Crippen LogP contribution >= 0.6 is 0 Å². The van der Waals surface area contributed by atoms with E-state index in [4.69, 9.17) is 0 Å². The van der Waals surface area contributed by atoms with E-state index in [0.717, 1.165) is 34.0 Å². The molecular formula is C27H26N4O. The smallest absolute Gasteiger partial charge is 0.229 e. The minimum Gasteiger partial charge on any atom is -0.326 e. The van der Waals surface area contributed by atoms with Gasteiger partial charge in [-0.1, -0.05) is 69.3 Å². The number of benzene rings is 3. The van der Waals surface area contributed by atoms with Crippen LogP contribution in [0, 0.1) is 5.41 Å². The molecule has 5 heteroatoms. The number of carbonyl (C=O) groups is 1. The lowest BCUT2D eigenvalue weighted by atomic mass is 9.95. The van der Waals surface area contributed by atoms with Gasteiger partial charge in [-0.05, 0) is 42.0 Å². The molecule has 4 rings (SSSR count). The van der Waals surface area contributed by atoms with Gasteiger partial charge < -0.3 is 5.32 Å². The van der Waals surface area contributed by atoms with Gasteiger partial charge in [0.05, 0.1) is 5.69 Å².